The predicted molar refractivity (Wildman–Crippen MR) is 73.4 cm³/mol. The summed E-state index contributed by atoms with van der Waals surface area (Å²) in [6.07, 6.45) is 0. The molecule has 0 aromatic heterocycles. The molecule has 2 aromatic carbocycles. The number of halogens is 3. The predicted octanol–water partition coefficient (Wildman–Crippen LogP) is 4.58. The largest absolute Gasteiger partial charge is 0.288 e. The van der Waals surface area contributed by atoms with E-state index in [1.54, 1.807) is 18.2 Å². The molecule has 0 bridgehead atoms. The molecule has 0 unspecified atom stereocenters. The van der Waals surface area contributed by atoms with E-state index in [-0.39, 0.29) is 11.1 Å². The molecular formula is C15H11BrF2O. The van der Waals surface area contributed by atoms with Gasteiger partial charge >= 0.3 is 0 Å². The molecule has 0 spiro atoms. The quantitative estimate of drug-likeness (QED) is 0.739. The van der Waals surface area contributed by atoms with Crippen LogP contribution >= 0.6 is 15.9 Å². The molecule has 1 nitrogen and oxygen atoms in total. The SMILES string of the molecule is Cc1cc(C(=O)c2c(F)ccc(C)c2F)ccc1Br. The Labute approximate surface area is 118 Å². The number of carbonyl (C=O) groups excluding carboxylic acids is 1. The molecule has 0 saturated carbocycles. The van der Waals surface area contributed by atoms with Crippen molar-refractivity contribution < 1.29 is 13.6 Å². The summed E-state index contributed by atoms with van der Waals surface area (Å²) in [6.45, 7) is 3.31. The molecule has 2 aromatic rings. The molecule has 0 aliphatic carbocycles. The van der Waals surface area contributed by atoms with Crippen LogP contribution < -0.4 is 0 Å². The van der Waals surface area contributed by atoms with Crippen molar-refractivity contribution in [2.24, 2.45) is 0 Å². The van der Waals surface area contributed by atoms with Crippen LogP contribution in [0.4, 0.5) is 8.78 Å². The molecule has 0 saturated heterocycles. The lowest BCUT2D eigenvalue weighted by Crippen LogP contribution is -2.09. The van der Waals surface area contributed by atoms with Gasteiger partial charge in [-0.15, -0.1) is 0 Å². The number of benzene rings is 2. The molecule has 0 aliphatic heterocycles. The molecule has 0 N–H and O–H groups in total. The fraction of sp³-hybridized carbons (Fsp3) is 0.133. The van der Waals surface area contributed by atoms with Crippen molar-refractivity contribution in [3.05, 3.63) is 68.7 Å². The molecular weight excluding hydrogens is 314 g/mol. The van der Waals surface area contributed by atoms with Crippen LogP contribution in [0.25, 0.3) is 0 Å². The highest BCUT2D eigenvalue weighted by Crippen LogP contribution is 2.23. The first-order valence-electron chi connectivity index (χ1n) is 5.67. The van der Waals surface area contributed by atoms with Crippen LogP contribution in [0, 0.1) is 25.5 Å². The van der Waals surface area contributed by atoms with Crippen molar-refractivity contribution in [2.45, 2.75) is 13.8 Å². The van der Waals surface area contributed by atoms with Crippen LogP contribution in [0.1, 0.15) is 27.0 Å². The maximum Gasteiger partial charge on any atom is 0.198 e. The Morgan fingerprint density at radius 2 is 1.74 bits per heavy atom. The molecule has 0 atom stereocenters. The summed E-state index contributed by atoms with van der Waals surface area (Å²) in [5.74, 6) is -2.28. The summed E-state index contributed by atoms with van der Waals surface area (Å²) >= 11 is 3.32. The Hall–Kier alpha value is -1.55. The number of rotatable bonds is 2. The minimum Gasteiger partial charge on any atom is -0.288 e. The standard InChI is InChI=1S/C15H11BrF2O/c1-8-3-6-12(17)13(14(8)18)15(19)10-4-5-11(16)9(2)7-10/h3-7H,1-2H3. The number of carbonyl (C=O) groups is 1. The smallest absolute Gasteiger partial charge is 0.198 e. The normalized spacial score (nSPS) is 10.6. The number of hydrogen-bond acceptors (Lipinski definition) is 1. The third-order valence-corrected chi connectivity index (χ3v) is 3.82. The Morgan fingerprint density at radius 3 is 2.37 bits per heavy atom. The van der Waals surface area contributed by atoms with Gasteiger partial charge in [-0.25, -0.2) is 8.78 Å². The van der Waals surface area contributed by atoms with Crippen molar-refractivity contribution in [1.82, 2.24) is 0 Å². The minimum atomic E-state index is -0.839. The van der Waals surface area contributed by atoms with E-state index < -0.39 is 23.0 Å². The van der Waals surface area contributed by atoms with E-state index in [4.69, 9.17) is 0 Å². The molecule has 0 aliphatic rings. The van der Waals surface area contributed by atoms with Crippen LogP contribution in [-0.4, -0.2) is 5.78 Å². The van der Waals surface area contributed by atoms with E-state index in [9.17, 15) is 13.6 Å². The van der Waals surface area contributed by atoms with Gasteiger partial charge in [-0.2, -0.15) is 0 Å². The zero-order valence-electron chi connectivity index (χ0n) is 10.4. The van der Waals surface area contributed by atoms with Crippen molar-refractivity contribution >= 4 is 21.7 Å². The summed E-state index contributed by atoms with van der Waals surface area (Å²) in [6, 6.07) is 7.26. The lowest BCUT2D eigenvalue weighted by atomic mass is 9.99. The van der Waals surface area contributed by atoms with Gasteiger partial charge in [0.15, 0.2) is 5.78 Å². The van der Waals surface area contributed by atoms with E-state index in [0.29, 0.717) is 0 Å². The summed E-state index contributed by atoms with van der Waals surface area (Å²) in [4.78, 5) is 12.2. The first-order chi connectivity index (χ1) is 8.91. The summed E-state index contributed by atoms with van der Waals surface area (Å²) in [5, 5.41) is 0. The lowest BCUT2D eigenvalue weighted by Gasteiger charge is -2.08. The van der Waals surface area contributed by atoms with Gasteiger partial charge in [-0.1, -0.05) is 22.0 Å². The highest BCUT2D eigenvalue weighted by Gasteiger charge is 2.20. The average molecular weight is 325 g/mol. The van der Waals surface area contributed by atoms with Crippen LogP contribution in [0.2, 0.25) is 0 Å². The van der Waals surface area contributed by atoms with Crippen molar-refractivity contribution in [3.8, 4) is 0 Å². The van der Waals surface area contributed by atoms with Crippen LogP contribution in [0.3, 0.4) is 0 Å². The Morgan fingerprint density at radius 1 is 1.05 bits per heavy atom. The van der Waals surface area contributed by atoms with E-state index in [2.05, 4.69) is 15.9 Å². The van der Waals surface area contributed by atoms with Crippen LogP contribution in [0.5, 0.6) is 0 Å². The summed E-state index contributed by atoms with van der Waals surface area (Å²) in [7, 11) is 0. The second-order valence-corrected chi connectivity index (χ2v) is 5.20. The maximum absolute atomic E-state index is 13.9. The molecule has 0 radical (unpaired) electrons. The van der Waals surface area contributed by atoms with Gasteiger partial charge in [-0.05, 0) is 49.2 Å². The molecule has 19 heavy (non-hydrogen) atoms. The zero-order valence-corrected chi connectivity index (χ0v) is 12.0. The monoisotopic (exact) mass is 324 g/mol. The number of aryl methyl sites for hydroxylation is 2. The molecule has 2 rings (SSSR count). The number of ketones is 1. The maximum atomic E-state index is 13.9. The zero-order chi connectivity index (χ0) is 14.2. The molecule has 98 valence electrons. The van der Waals surface area contributed by atoms with Gasteiger partial charge in [0.25, 0.3) is 0 Å². The summed E-state index contributed by atoms with van der Waals surface area (Å²) < 4.78 is 28.4. The summed E-state index contributed by atoms with van der Waals surface area (Å²) in [5.41, 5.74) is 0.851. The molecule has 4 heteroatoms. The van der Waals surface area contributed by atoms with Crippen LogP contribution in [-0.2, 0) is 0 Å². The first kappa shape index (κ1) is 13.9. The first-order valence-corrected chi connectivity index (χ1v) is 6.46. The lowest BCUT2D eigenvalue weighted by molar-refractivity contribution is 0.103. The molecule has 0 heterocycles. The van der Waals surface area contributed by atoms with Crippen LogP contribution in [0.15, 0.2) is 34.8 Å². The highest BCUT2D eigenvalue weighted by atomic mass is 79.9. The topological polar surface area (TPSA) is 17.1 Å². The Bertz CT molecular complexity index is 665. The van der Waals surface area contributed by atoms with Gasteiger partial charge < -0.3 is 0 Å². The van der Waals surface area contributed by atoms with E-state index in [0.717, 1.165) is 16.1 Å². The van der Waals surface area contributed by atoms with Crippen molar-refractivity contribution in [3.63, 3.8) is 0 Å². The minimum absolute atomic E-state index is 0.249. The fourth-order valence-electron chi connectivity index (χ4n) is 1.80. The van der Waals surface area contributed by atoms with Crippen molar-refractivity contribution in [1.29, 1.82) is 0 Å². The van der Waals surface area contributed by atoms with Gasteiger partial charge in [-0.3, -0.25) is 4.79 Å². The fourth-order valence-corrected chi connectivity index (χ4v) is 2.04. The second kappa shape index (κ2) is 5.21. The third kappa shape index (κ3) is 2.59. The Kier molecular flexibility index (Phi) is 3.80. The van der Waals surface area contributed by atoms with Gasteiger partial charge in [0.05, 0.1) is 5.56 Å². The average Bonchev–Trinajstić information content (AvgIpc) is 2.37. The van der Waals surface area contributed by atoms with E-state index in [1.807, 2.05) is 6.92 Å². The van der Waals surface area contributed by atoms with E-state index in [1.165, 1.54) is 13.0 Å². The number of hydrogen-bond donors (Lipinski definition) is 0. The van der Waals surface area contributed by atoms with Gasteiger partial charge in [0, 0.05) is 10.0 Å². The third-order valence-electron chi connectivity index (χ3n) is 2.93. The second-order valence-electron chi connectivity index (χ2n) is 4.35. The van der Waals surface area contributed by atoms with Gasteiger partial charge in [0.2, 0.25) is 0 Å². The molecule has 0 amide bonds. The molecule has 0 fully saturated rings. The van der Waals surface area contributed by atoms with Gasteiger partial charge in [0.1, 0.15) is 11.6 Å². The Balaban J connectivity index is 2.56. The van der Waals surface area contributed by atoms with Crippen molar-refractivity contribution in [2.75, 3.05) is 0 Å². The van der Waals surface area contributed by atoms with E-state index >= 15 is 0 Å². The highest BCUT2D eigenvalue weighted by molar-refractivity contribution is 9.10.